The first-order valence-corrected chi connectivity index (χ1v) is 10.6. The number of aromatic nitrogens is 5. The van der Waals surface area contributed by atoms with Crippen molar-refractivity contribution in [3.8, 4) is 23.0 Å². The van der Waals surface area contributed by atoms with Crippen molar-refractivity contribution in [2.75, 3.05) is 11.1 Å². The number of hydrogen-bond acceptors (Lipinski definition) is 7. The number of nitrogens with zero attached hydrogens (tertiary/aromatic N) is 4. The molecule has 0 aliphatic heterocycles. The Bertz CT molecular complexity index is 1220. The second kappa shape index (κ2) is 10.6. The van der Waals surface area contributed by atoms with Crippen LogP contribution in [-0.4, -0.2) is 25.1 Å². The molecule has 0 amide bonds. The van der Waals surface area contributed by atoms with E-state index >= 15 is 0 Å². The van der Waals surface area contributed by atoms with Crippen LogP contribution in [0.3, 0.4) is 0 Å². The molecule has 8 nitrogen and oxygen atoms in total. The lowest BCUT2D eigenvalue weighted by molar-refractivity contribution is -0.137. The first-order valence-electron chi connectivity index (χ1n) is 10.6. The summed E-state index contributed by atoms with van der Waals surface area (Å²) in [7, 11) is 0. The Balaban J connectivity index is 0.00000158. The normalized spacial score (nSPS) is 10.9. The summed E-state index contributed by atoms with van der Waals surface area (Å²) in [6.07, 6.45) is -3.73. The SMILES string of the molecule is CC.CCc1cc(Oc2ccc(-c3nc(Nc4cccc(C(F)(F)F)c4)n[nH]3)cc2)nc(N)n1. The summed E-state index contributed by atoms with van der Waals surface area (Å²) in [5.41, 5.74) is 6.64. The van der Waals surface area contributed by atoms with Crippen molar-refractivity contribution < 1.29 is 17.9 Å². The number of nitrogens with one attached hydrogen (secondary N) is 2. The molecular weight excluding hydrogens is 447 g/mol. The van der Waals surface area contributed by atoms with Crippen LogP contribution in [0.4, 0.5) is 30.8 Å². The van der Waals surface area contributed by atoms with Gasteiger partial charge in [0.05, 0.1) is 5.56 Å². The number of aromatic amines is 1. The largest absolute Gasteiger partial charge is 0.439 e. The molecule has 0 aliphatic carbocycles. The second-order valence-electron chi connectivity index (χ2n) is 6.75. The van der Waals surface area contributed by atoms with E-state index in [0.29, 0.717) is 29.4 Å². The Labute approximate surface area is 194 Å². The van der Waals surface area contributed by atoms with Crippen LogP contribution in [0.5, 0.6) is 11.6 Å². The lowest BCUT2D eigenvalue weighted by Crippen LogP contribution is -2.05. The minimum atomic E-state index is -4.43. The summed E-state index contributed by atoms with van der Waals surface area (Å²) < 4.78 is 44.3. The molecule has 4 rings (SSSR count). The third-order valence-corrected chi connectivity index (χ3v) is 4.42. The summed E-state index contributed by atoms with van der Waals surface area (Å²) in [5.74, 6) is 1.59. The van der Waals surface area contributed by atoms with Crippen molar-refractivity contribution in [3.05, 3.63) is 65.9 Å². The molecule has 2 heterocycles. The molecule has 0 spiro atoms. The molecule has 4 N–H and O–H groups in total. The first kappa shape index (κ1) is 24.5. The van der Waals surface area contributed by atoms with Gasteiger partial charge in [-0.3, -0.25) is 5.10 Å². The van der Waals surface area contributed by atoms with E-state index in [1.54, 1.807) is 30.3 Å². The van der Waals surface area contributed by atoms with Crippen LogP contribution >= 0.6 is 0 Å². The van der Waals surface area contributed by atoms with E-state index in [9.17, 15) is 13.2 Å². The average Bonchev–Trinajstić information content (AvgIpc) is 3.28. The van der Waals surface area contributed by atoms with Crippen LogP contribution < -0.4 is 15.8 Å². The van der Waals surface area contributed by atoms with Crippen LogP contribution in [-0.2, 0) is 12.6 Å². The number of H-pyrrole nitrogens is 1. The molecule has 0 bridgehead atoms. The van der Waals surface area contributed by atoms with Crippen LogP contribution in [0.25, 0.3) is 11.4 Å². The molecule has 0 radical (unpaired) electrons. The van der Waals surface area contributed by atoms with Crippen molar-refractivity contribution in [1.82, 2.24) is 25.1 Å². The summed E-state index contributed by atoms with van der Waals surface area (Å²) in [4.78, 5) is 12.4. The molecule has 11 heteroatoms. The summed E-state index contributed by atoms with van der Waals surface area (Å²) >= 11 is 0. The van der Waals surface area contributed by atoms with E-state index < -0.39 is 11.7 Å². The molecule has 0 atom stereocenters. The Morgan fingerprint density at radius 2 is 1.74 bits per heavy atom. The van der Waals surface area contributed by atoms with Crippen LogP contribution in [0, 0.1) is 0 Å². The van der Waals surface area contributed by atoms with Crippen LogP contribution in [0.1, 0.15) is 32.0 Å². The fourth-order valence-corrected chi connectivity index (χ4v) is 2.88. The van der Waals surface area contributed by atoms with Gasteiger partial charge in [0.25, 0.3) is 0 Å². The Hall–Kier alpha value is -4.15. The molecule has 178 valence electrons. The predicted molar refractivity (Wildman–Crippen MR) is 124 cm³/mol. The number of benzene rings is 2. The maximum atomic E-state index is 12.9. The Morgan fingerprint density at radius 3 is 2.41 bits per heavy atom. The van der Waals surface area contributed by atoms with Gasteiger partial charge in [-0.1, -0.05) is 26.8 Å². The topological polar surface area (TPSA) is 115 Å². The highest BCUT2D eigenvalue weighted by Crippen LogP contribution is 2.31. The number of hydrogen-bond donors (Lipinski definition) is 3. The van der Waals surface area contributed by atoms with Gasteiger partial charge in [-0.05, 0) is 48.9 Å². The monoisotopic (exact) mass is 471 g/mol. The molecule has 2 aromatic carbocycles. The maximum absolute atomic E-state index is 12.9. The second-order valence-corrected chi connectivity index (χ2v) is 6.75. The Kier molecular flexibility index (Phi) is 7.67. The van der Waals surface area contributed by atoms with Gasteiger partial charge >= 0.3 is 6.18 Å². The minimum Gasteiger partial charge on any atom is -0.439 e. The van der Waals surface area contributed by atoms with Gasteiger partial charge in [0.1, 0.15) is 5.75 Å². The lowest BCUT2D eigenvalue weighted by atomic mass is 10.2. The smallest absolute Gasteiger partial charge is 0.416 e. The molecule has 0 saturated carbocycles. The van der Waals surface area contributed by atoms with Crippen molar-refractivity contribution >= 4 is 17.6 Å². The van der Waals surface area contributed by atoms with Crippen molar-refractivity contribution in [2.45, 2.75) is 33.4 Å². The van der Waals surface area contributed by atoms with Crippen LogP contribution in [0.2, 0.25) is 0 Å². The van der Waals surface area contributed by atoms with E-state index in [-0.39, 0.29) is 17.6 Å². The number of aryl methyl sites for hydroxylation is 1. The molecular formula is C23H24F3N7O. The number of rotatable bonds is 6. The summed E-state index contributed by atoms with van der Waals surface area (Å²) in [6.45, 7) is 5.95. The molecule has 0 saturated heterocycles. The molecule has 0 fully saturated rings. The molecule has 0 unspecified atom stereocenters. The van der Waals surface area contributed by atoms with E-state index in [1.807, 2.05) is 20.8 Å². The summed E-state index contributed by atoms with van der Waals surface area (Å²) in [6, 6.07) is 13.5. The molecule has 4 aromatic rings. The zero-order chi connectivity index (χ0) is 24.7. The van der Waals surface area contributed by atoms with Gasteiger partial charge in [0.15, 0.2) is 5.82 Å². The highest BCUT2D eigenvalue weighted by molar-refractivity contribution is 5.60. The maximum Gasteiger partial charge on any atom is 0.416 e. The van der Waals surface area contributed by atoms with E-state index in [1.165, 1.54) is 12.1 Å². The van der Waals surface area contributed by atoms with Gasteiger partial charge in [-0.15, -0.1) is 5.10 Å². The molecule has 34 heavy (non-hydrogen) atoms. The number of ether oxygens (including phenoxy) is 1. The number of alkyl halides is 3. The quantitative estimate of drug-likeness (QED) is 0.316. The van der Waals surface area contributed by atoms with Gasteiger partial charge in [-0.2, -0.15) is 23.1 Å². The van der Waals surface area contributed by atoms with Gasteiger partial charge < -0.3 is 15.8 Å². The van der Waals surface area contributed by atoms with Crippen molar-refractivity contribution in [3.63, 3.8) is 0 Å². The fourth-order valence-electron chi connectivity index (χ4n) is 2.88. The molecule has 2 aromatic heterocycles. The minimum absolute atomic E-state index is 0.137. The van der Waals surface area contributed by atoms with Gasteiger partial charge in [0, 0.05) is 23.0 Å². The number of nitrogen functional groups attached to an aromatic ring is 1. The van der Waals surface area contributed by atoms with Crippen LogP contribution in [0.15, 0.2) is 54.6 Å². The highest BCUT2D eigenvalue weighted by atomic mass is 19.4. The highest BCUT2D eigenvalue weighted by Gasteiger charge is 2.30. The fraction of sp³-hybridized carbons (Fsp3) is 0.217. The zero-order valence-electron chi connectivity index (χ0n) is 18.8. The average molecular weight is 471 g/mol. The Morgan fingerprint density at radius 1 is 1.00 bits per heavy atom. The predicted octanol–water partition coefficient (Wildman–Crippen LogP) is 5.99. The third-order valence-electron chi connectivity index (χ3n) is 4.42. The number of nitrogens with two attached hydrogens (primary N) is 1. The summed E-state index contributed by atoms with van der Waals surface area (Å²) in [5, 5.41) is 9.53. The van der Waals surface area contributed by atoms with Crippen molar-refractivity contribution in [1.29, 1.82) is 0 Å². The number of anilines is 3. The van der Waals surface area contributed by atoms with E-state index in [4.69, 9.17) is 10.5 Å². The lowest BCUT2D eigenvalue weighted by Gasteiger charge is -2.08. The van der Waals surface area contributed by atoms with Gasteiger partial charge in [0.2, 0.25) is 17.8 Å². The molecule has 0 aliphatic rings. The first-order chi connectivity index (χ1) is 16.3. The standard InChI is InChI=1S/C21H18F3N7O.C2H6/c1-2-14-11-17(28-19(25)26-14)32-16-8-6-12(7-9-16)18-29-20(31-30-18)27-15-5-3-4-13(10-15)21(22,23)24;1-2/h3-11H,2H2,1H3,(H2,25,26,28)(H2,27,29,30,31);1-2H3. The van der Waals surface area contributed by atoms with E-state index in [2.05, 4.69) is 30.5 Å². The zero-order valence-corrected chi connectivity index (χ0v) is 18.8. The number of halogens is 3. The third kappa shape index (κ3) is 6.21. The van der Waals surface area contributed by atoms with Crippen molar-refractivity contribution in [2.24, 2.45) is 0 Å². The van der Waals surface area contributed by atoms with E-state index in [0.717, 1.165) is 17.8 Å². The van der Waals surface area contributed by atoms with Gasteiger partial charge in [-0.25, -0.2) is 4.98 Å².